The molecular weight excluding hydrogens is 219 g/mol. The first-order chi connectivity index (χ1) is 8.00. The number of carbonyl (C=O) groups is 1. The molecule has 1 saturated carbocycles. The Bertz CT molecular complexity index is 441. The number of carbonyl (C=O) groups excluding carboxylic acids is 1. The van der Waals surface area contributed by atoms with Gasteiger partial charge in [-0.3, -0.25) is 4.79 Å². The number of halogens is 1. The summed E-state index contributed by atoms with van der Waals surface area (Å²) in [7, 11) is 0. The van der Waals surface area contributed by atoms with Crippen LogP contribution in [-0.4, -0.2) is 18.0 Å². The Morgan fingerprint density at radius 2 is 2.24 bits per heavy atom. The normalized spacial score (nSPS) is 17.4. The highest BCUT2D eigenvalue weighted by molar-refractivity contribution is 5.94. The minimum Gasteiger partial charge on any atom is -0.350 e. The van der Waals surface area contributed by atoms with Crippen molar-refractivity contribution in [2.75, 3.05) is 6.54 Å². The Kier molecular flexibility index (Phi) is 3.15. The van der Waals surface area contributed by atoms with E-state index >= 15 is 0 Å². The molecule has 0 spiro atoms. The van der Waals surface area contributed by atoms with Gasteiger partial charge in [-0.05, 0) is 49.9 Å². The number of amides is 1. The van der Waals surface area contributed by atoms with Crippen LogP contribution in [0.25, 0.3) is 0 Å². The van der Waals surface area contributed by atoms with Crippen LogP contribution in [0.4, 0.5) is 4.39 Å². The molecule has 3 N–H and O–H groups in total. The van der Waals surface area contributed by atoms with Gasteiger partial charge in [-0.2, -0.15) is 0 Å². The lowest BCUT2D eigenvalue weighted by Crippen LogP contribution is -2.54. The van der Waals surface area contributed by atoms with Gasteiger partial charge in [0, 0.05) is 17.6 Å². The number of rotatable bonds is 3. The fourth-order valence-corrected chi connectivity index (χ4v) is 1.95. The van der Waals surface area contributed by atoms with Crippen molar-refractivity contribution in [2.45, 2.75) is 31.7 Å². The molecule has 0 atom stereocenters. The number of nitrogens with two attached hydrogens (primary N) is 1. The summed E-state index contributed by atoms with van der Waals surface area (Å²) in [4.78, 5) is 11.8. The first-order valence-electron chi connectivity index (χ1n) is 5.83. The number of nitrogens with one attached hydrogen (secondary N) is 1. The fraction of sp³-hybridized carbons (Fsp3) is 0.462. The second-order valence-electron chi connectivity index (χ2n) is 4.86. The second kappa shape index (κ2) is 4.45. The van der Waals surface area contributed by atoms with Crippen molar-refractivity contribution in [3.63, 3.8) is 0 Å². The van der Waals surface area contributed by atoms with Gasteiger partial charge in [-0.25, -0.2) is 4.39 Å². The Morgan fingerprint density at radius 1 is 1.53 bits per heavy atom. The molecule has 92 valence electrons. The van der Waals surface area contributed by atoms with E-state index in [2.05, 4.69) is 5.32 Å². The van der Waals surface area contributed by atoms with Gasteiger partial charge >= 0.3 is 0 Å². The van der Waals surface area contributed by atoms with Crippen LogP contribution >= 0.6 is 0 Å². The molecule has 4 heteroatoms. The lowest BCUT2D eigenvalue weighted by Gasteiger charge is -2.38. The summed E-state index contributed by atoms with van der Waals surface area (Å²) in [5, 5.41) is 2.80. The zero-order chi connectivity index (χ0) is 12.5. The summed E-state index contributed by atoms with van der Waals surface area (Å²) in [6, 6.07) is 4.35. The molecule has 1 aromatic rings. The molecule has 0 heterocycles. The summed E-state index contributed by atoms with van der Waals surface area (Å²) >= 11 is 0. The quantitative estimate of drug-likeness (QED) is 0.840. The van der Waals surface area contributed by atoms with E-state index in [1.54, 1.807) is 13.0 Å². The van der Waals surface area contributed by atoms with Gasteiger partial charge < -0.3 is 11.1 Å². The lowest BCUT2D eigenvalue weighted by atomic mass is 9.78. The summed E-state index contributed by atoms with van der Waals surface area (Å²) < 4.78 is 13.0. The maximum absolute atomic E-state index is 13.0. The van der Waals surface area contributed by atoms with Crippen LogP contribution in [0.15, 0.2) is 18.2 Å². The van der Waals surface area contributed by atoms with Gasteiger partial charge in [0.05, 0.1) is 0 Å². The molecule has 1 amide bonds. The molecular formula is C13H17FN2O. The second-order valence-corrected chi connectivity index (χ2v) is 4.86. The molecule has 1 aliphatic carbocycles. The van der Waals surface area contributed by atoms with E-state index < -0.39 is 0 Å². The average Bonchev–Trinajstić information content (AvgIpc) is 2.27. The predicted molar refractivity (Wildman–Crippen MR) is 64.2 cm³/mol. The Hall–Kier alpha value is -1.42. The SMILES string of the molecule is Cc1cc(C(=O)NCC2(N)CCC2)ccc1F. The van der Waals surface area contributed by atoms with Crippen LogP contribution < -0.4 is 11.1 Å². The third kappa shape index (κ3) is 2.64. The summed E-state index contributed by atoms with van der Waals surface area (Å²) in [5.41, 5.74) is 6.73. The van der Waals surface area contributed by atoms with Crippen LogP contribution in [0.3, 0.4) is 0 Å². The smallest absolute Gasteiger partial charge is 0.251 e. The van der Waals surface area contributed by atoms with Crippen LogP contribution in [0.5, 0.6) is 0 Å². The molecule has 1 fully saturated rings. The van der Waals surface area contributed by atoms with Crippen molar-refractivity contribution in [1.29, 1.82) is 0 Å². The first kappa shape index (κ1) is 12.0. The van der Waals surface area contributed by atoms with E-state index in [4.69, 9.17) is 5.73 Å². The number of benzene rings is 1. The first-order valence-corrected chi connectivity index (χ1v) is 5.83. The Morgan fingerprint density at radius 3 is 2.76 bits per heavy atom. The maximum atomic E-state index is 13.0. The summed E-state index contributed by atoms with van der Waals surface area (Å²) in [6.45, 7) is 2.13. The van der Waals surface area contributed by atoms with E-state index in [1.165, 1.54) is 12.1 Å². The van der Waals surface area contributed by atoms with Gasteiger partial charge in [0.1, 0.15) is 5.82 Å². The van der Waals surface area contributed by atoms with E-state index in [0.29, 0.717) is 17.7 Å². The largest absolute Gasteiger partial charge is 0.350 e. The van der Waals surface area contributed by atoms with Crippen molar-refractivity contribution in [2.24, 2.45) is 5.73 Å². The highest BCUT2D eigenvalue weighted by atomic mass is 19.1. The lowest BCUT2D eigenvalue weighted by molar-refractivity contribution is 0.0929. The third-order valence-electron chi connectivity index (χ3n) is 3.37. The van der Waals surface area contributed by atoms with E-state index in [-0.39, 0.29) is 17.3 Å². The molecule has 1 aliphatic rings. The molecule has 2 rings (SSSR count). The van der Waals surface area contributed by atoms with Crippen LogP contribution in [0, 0.1) is 12.7 Å². The molecule has 17 heavy (non-hydrogen) atoms. The highest BCUT2D eigenvalue weighted by Gasteiger charge is 2.32. The number of hydrogen-bond acceptors (Lipinski definition) is 2. The molecule has 0 unspecified atom stereocenters. The fourth-order valence-electron chi connectivity index (χ4n) is 1.95. The molecule has 0 bridgehead atoms. The molecule has 0 saturated heterocycles. The molecule has 0 aromatic heterocycles. The maximum Gasteiger partial charge on any atom is 0.251 e. The monoisotopic (exact) mass is 236 g/mol. The van der Waals surface area contributed by atoms with E-state index in [0.717, 1.165) is 19.3 Å². The van der Waals surface area contributed by atoms with Gasteiger partial charge in [0.2, 0.25) is 0 Å². The number of aryl methyl sites for hydroxylation is 1. The van der Waals surface area contributed by atoms with Crippen molar-refractivity contribution in [3.8, 4) is 0 Å². The Labute approximate surface area is 100 Å². The molecule has 0 radical (unpaired) electrons. The van der Waals surface area contributed by atoms with Crippen LogP contribution in [0.1, 0.15) is 35.2 Å². The zero-order valence-electron chi connectivity index (χ0n) is 9.92. The third-order valence-corrected chi connectivity index (χ3v) is 3.37. The van der Waals surface area contributed by atoms with Crippen molar-refractivity contribution in [3.05, 3.63) is 35.1 Å². The van der Waals surface area contributed by atoms with Crippen molar-refractivity contribution in [1.82, 2.24) is 5.32 Å². The van der Waals surface area contributed by atoms with Crippen LogP contribution in [-0.2, 0) is 0 Å². The predicted octanol–water partition coefficient (Wildman–Crippen LogP) is 1.75. The highest BCUT2D eigenvalue weighted by Crippen LogP contribution is 2.28. The number of hydrogen-bond donors (Lipinski definition) is 2. The van der Waals surface area contributed by atoms with E-state index in [1.807, 2.05) is 0 Å². The minimum absolute atomic E-state index is 0.190. The summed E-state index contributed by atoms with van der Waals surface area (Å²) in [5.74, 6) is -0.485. The van der Waals surface area contributed by atoms with Gasteiger partial charge in [0.15, 0.2) is 0 Å². The molecule has 1 aromatic carbocycles. The molecule has 3 nitrogen and oxygen atoms in total. The molecule has 0 aliphatic heterocycles. The van der Waals surface area contributed by atoms with Gasteiger partial charge in [-0.15, -0.1) is 0 Å². The van der Waals surface area contributed by atoms with Gasteiger partial charge in [-0.1, -0.05) is 0 Å². The van der Waals surface area contributed by atoms with Crippen molar-refractivity contribution >= 4 is 5.91 Å². The standard InChI is InChI=1S/C13H17FN2O/c1-9-7-10(3-4-11(9)14)12(17)16-8-13(15)5-2-6-13/h3-4,7H,2,5-6,8,15H2,1H3,(H,16,17). The topological polar surface area (TPSA) is 55.1 Å². The van der Waals surface area contributed by atoms with Crippen LogP contribution in [0.2, 0.25) is 0 Å². The Balaban J connectivity index is 1.97. The minimum atomic E-state index is -0.296. The average molecular weight is 236 g/mol. The van der Waals surface area contributed by atoms with Gasteiger partial charge in [0.25, 0.3) is 5.91 Å². The van der Waals surface area contributed by atoms with E-state index in [9.17, 15) is 9.18 Å². The zero-order valence-corrected chi connectivity index (χ0v) is 9.92. The summed E-state index contributed by atoms with van der Waals surface area (Å²) in [6.07, 6.45) is 3.04. The van der Waals surface area contributed by atoms with Crippen molar-refractivity contribution < 1.29 is 9.18 Å².